The Labute approximate surface area is 159 Å². The standard InChI is InChI=1S/C23H25NO3/c1-6-24-19-11-14(13(2)3)7-8-16(19)22(25)18-12-17-15(21(18)24)9-10-20(26-4)23(17)27-5/h7-11,13H,6,12H2,1-5H3. The molecule has 4 rings (SSSR count). The van der Waals surface area contributed by atoms with Gasteiger partial charge in [0.25, 0.3) is 0 Å². The average molecular weight is 363 g/mol. The van der Waals surface area contributed by atoms with Crippen LogP contribution in [0, 0.1) is 0 Å². The Morgan fingerprint density at radius 2 is 1.85 bits per heavy atom. The van der Waals surface area contributed by atoms with E-state index in [1.807, 2.05) is 18.2 Å². The van der Waals surface area contributed by atoms with Gasteiger partial charge in [-0.2, -0.15) is 0 Å². The molecule has 4 heteroatoms. The van der Waals surface area contributed by atoms with Crippen LogP contribution in [0.4, 0.5) is 0 Å². The van der Waals surface area contributed by atoms with Gasteiger partial charge in [-0.25, -0.2) is 0 Å². The lowest BCUT2D eigenvalue weighted by molar-refractivity contribution is 0.352. The number of fused-ring (bicyclic) bond motifs is 4. The fraction of sp³-hybridized carbons (Fsp3) is 0.348. The molecule has 0 spiro atoms. The molecule has 0 atom stereocenters. The topological polar surface area (TPSA) is 40.5 Å². The minimum absolute atomic E-state index is 0.122. The van der Waals surface area contributed by atoms with Crippen molar-refractivity contribution in [3.8, 4) is 22.8 Å². The third kappa shape index (κ3) is 2.47. The molecule has 0 radical (unpaired) electrons. The Hall–Kier alpha value is -2.75. The summed E-state index contributed by atoms with van der Waals surface area (Å²) in [6.07, 6.45) is 0.575. The number of hydrogen-bond donors (Lipinski definition) is 0. The predicted molar refractivity (Wildman–Crippen MR) is 109 cm³/mol. The number of hydrogen-bond acceptors (Lipinski definition) is 3. The summed E-state index contributed by atoms with van der Waals surface area (Å²) in [5.41, 5.74) is 6.35. The van der Waals surface area contributed by atoms with E-state index in [1.54, 1.807) is 14.2 Å². The Morgan fingerprint density at radius 1 is 1.07 bits per heavy atom. The fourth-order valence-electron chi connectivity index (χ4n) is 4.24. The third-order valence-electron chi connectivity index (χ3n) is 5.63. The van der Waals surface area contributed by atoms with E-state index in [-0.39, 0.29) is 5.43 Å². The maximum atomic E-state index is 13.3. The zero-order chi connectivity index (χ0) is 19.3. The number of aromatic nitrogens is 1. The average Bonchev–Trinajstić information content (AvgIpc) is 3.07. The van der Waals surface area contributed by atoms with Crippen LogP contribution in [-0.4, -0.2) is 18.8 Å². The molecule has 3 aromatic rings. The van der Waals surface area contributed by atoms with Crippen molar-refractivity contribution in [2.45, 2.75) is 39.7 Å². The number of methoxy groups -OCH3 is 2. The van der Waals surface area contributed by atoms with E-state index >= 15 is 0 Å². The number of nitrogens with zero attached hydrogens (tertiary/aromatic N) is 1. The quantitative estimate of drug-likeness (QED) is 0.526. The summed E-state index contributed by atoms with van der Waals surface area (Å²) >= 11 is 0. The van der Waals surface area contributed by atoms with E-state index in [0.29, 0.717) is 18.1 Å². The molecule has 0 unspecified atom stereocenters. The molecule has 0 saturated carbocycles. The van der Waals surface area contributed by atoms with Gasteiger partial charge in [0.2, 0.25) is 0 Å². The monoisotopic (exact) mass is 363 g/mol. The molecule has 1 aromatic heterocycles. The van der Waals surface area contributed by atoms with Gasteiger partial charge in [-0.05, 0) is 42.7 Å². The number of rotatable bonds is 4. The van der Waals surface area contributed by atoms with E-state index in [9.17, 15) is 4.79 Å². The maximum absolute atomic E-state index is 13.3. The first-order chi connectivity index (χ1) is 13.0. The van der Waals surface area contributed by atoms with Crippen molar-refractivity contribution >= 4 is 10.9 Å². The van der Waals surface area contributed by atoms with E-state index in [0.717, 1.165) is 45.6 Å². The minimum atomic E-state index is 0.122. The number of pyridine rings is 1. The number of aryl methyl sites for hydroxylation is 1. The number of benzene rings is 2. The molecule has 0 amide bonds. The van der Waals surface area contributed by atoms with Crippen LogP contribution in [0.15, 0.2) is 35.1 Å². The lowest BCUT2D eigenvalue weighted by Gasteiger charge is -2.18. The van der Waals surface area contributed by atoms with Crippen molar-refractivity contribution in [1.29, 1.82) is 0 Å². The molecule has 0 bridgehead atoms. The maximum Gasteiger partial charge on any atom is 0.193 e. The van der Waals surface area contributed by atoms with Crippen LogP contribution < -0.4 is 14.9 Å². The molecular formula is C23H25NO3. The largest absolute Gasteiger partial charge is 0.493 e. The van der Waals surface area contributed by atoms with E-state index < -0.39 is 0 Å². The Balaban J connectivity index is 2.10. The molecule has 27 heavy (non-hydrogen) atoms. The molecule has 2 aromatic carbocycles. The van der Waals surface area contributed by atoms with Crippen LogP contribution >= 0.6 is 0 Å². The van der Waals surface area contributed by atoms with Gasteiger partial charge < -0.3 is 14.0 Å². The first-order valence-electron chi connectivity index (χ1n) is 9.45. The Morgan fingerprint density at radius 3 is 2.48 bits per heavy atom. The summed E-state index contributed by atoms with van der Waals surface area (Å²) in [5.74, 6) is 1.84. The predicted octanol–water partition coefficient (Wildman–Crippen LogP) is 4.73. The highest BCUT2D eigenvalue weighted by molar-refractivity contribution is 5.89. The summed E-state index contributed by atoms with van der Waals surface area (Å²) < 4.78 is 13.4. The van der Waals surface area contributed by atoms with Gasteiger partial charge >= 0.3 is 0 Å². The van der Waals surface area contributed by atoms with Crippen molar-refractivity contribution in [2.75, 3.05) is 14.2 Å². The van der Waals surface area contributed by atoms with Gasteiger partial charge in [-0.3, -0.25) is 4.79 Å². The van der Waals surface area contributed by atoms with Crippen LogP contribution in [0.3, 0.4) is 0 Å². The van der Waals surface area contributed by atoms with Crippen molar-refractivity contribution in [3.63, 3.8) is 0 Å². The van der Waals surface area contributed by atoms with E-state index in [4.69, 9.17) is 9.47 Å². The summed E-state index contributed by atoms with van der Waals surface area (Å²) in [5, 5.41) is 0.790. The highest BCUT2D eigenvalue weighted by Gasteiger charge is 2.30. The second-order valence-electron chi connectivity index (χ2n) is 7.34. The molecule has 0 N–H and O–H groups in total. The van der Waals surface area contributed by atoms with Crippen LogP contribution in [0.25, 0.3) is 22.2 Å². The summed E-state index contributed by atoms with van der Waals surface area (Å²) in [7, 11) is 3.29. The van der Waals surface area contributed by atoms with Gasteiger partial charge in [-0.15, -0.1) is 0 Å². The molecule has 0 fully saturated rings. The minimum Gasteiger partial charge on any atom is -0.493 e. The van der Waals surface area contributed by atoms with Crippen molar-refractivity contribution in [3.05, 3.63) is 57.2 Å². The molecule has 140 valence electrons. The van der Waals surface area contributed by atoms with Crippen LogP contribution in [0.5, 0.6) is 11.5 Å². The molecule has 4 nitrogen and oxygen atoms in total. The highest BCUT2D eigenvalue weighted by atomic mass is 16.5. The lowest BCUT2D eigenvalue weighted by atomic mass is 9.99. The van der Waals surface area contributed by atoms with Crippen molar-refractivity contribution < 1.29 is 9.47 Å². The van der Waals surface area contributed by atoms with Crippen LogP contribution in [-0.2, 0) is 13.0 Å². The smallest absolute Gasteiger partial charge is 0.193 e. The Kier molecular flexibility index (Phi) is 4.22. The molecule has 0 aliphatic heterocycles. The van der Waals surface area contributed by atoms with Gasteiger partial charge in [0.05, 0.1) is 25.4 Å². The van der Waals surface area contributed by atoms with Gasteiger partial charge in [0, 0.05) is 35.0 Å². The summed E-state index contributed by atoms with van der Waals surface area (Å²) in [4.78, 5) is 13.3. The fourth-order valence-corrected chi connectivity index (χ4v) is 4.24. The first kappa shape index (κ1) is 17.7. The van der Waals surface area contributed by atoms with Gasteiger partial charge in [-0.1, -0.05) is 19.9 Å². The molecule has 1 heterocycles. The normalized spacial score (nSPS) is 12.4. The highest BCUT2D eigenvalue weighted by Crippen LogP contribution is 2.45. The van der Waals surface area contributed by atoms with Gasteiger partial charge in [0.15, 0.2) is 16.9 Å². The Bertz CT molecular complexity index is 1110. The second-order valence-corrected chi connectivity index (χ2v) is 7.34. The second kappa shape index (κ2) is 6.45. The SMILES string of the molecule is CCn1c2c(c(=O)c3ccc(C(C)C)cc31)Cc1c-2ccc(OC)c1OC. The molecule has 0 saturated heterocycles. The molecular weight excluding hydrogens is 338 g/mol. The van der Waals surface area contributed by atoms with Crippen LogP contribution in [0.1, 0.15) is 43.4 Å². The first-order valence-corrected chi connectivity index (χ1v) is 9.45. The molecule has 1 aliphatic rings. The van der Waals surface area contributed by atoms with E-state index in [2.05, 4.69) is 37.5 Å². The zero-order valence-electron chi connectivity index (χ0n) is 16.6. The summed E-state index contributed by atoms with van der Waals surface area (Å²) in [6, 6.07) is 10.2. The number of ether oxygens (including phenoxy) is 2. The third-order valence-corrected chi connectivity index (χ3v) is 5.63. The summed E-state index contributed by atoms with van der Waals surface area (Å²) in [6.45, 7) is 7.28. The zero-order valence-corrected chi connectivity index (χ0v) is 16.6. The van der Waals surface area contributed by atoms with Crippen LogP contribution in [0.2, 0.25) is 0 Å². The van der Waals surface area contributed by atoms with Crippen molar-refractivity contribution in [1.82, 2.24) is 4.57 Å². The lowest BCUT2D eigenvalue weighted by Crippen LogP contribution is -2.15. The molecule has 1 aliphatic carbocycles. The van der Waals surface area contributed by atoms with E-state index in [1.165, 1.54) is 5.56 Å². The van der Waals surface area contributed by atoms with Gasteiger partial charge in [0.1, 0.15) is 0 Å². The van der Waals surface area contributed by atoms with Crippen molar-refractivity contribution in [2.24, 2.45) is 0 Å².